The maximum absolute atomic E-state index is 11.2. The Morgan fingerprint density at radius 1 is 1.46 bits per heavy atom. The summed E-state index contributed by atoms with van der Waals surface area (Å²) in [5.74, 6) is 0.144. The van der Waals surface area contributed by atoms with Gasteiger partial charge in [0.2, 0.25) is 0 Å². The number of ketones is 1. The van der Waals surface area contributed by atoms with Crippen LogP contribution in [0.5, 0.6) is 0 Å². The maximum atomic E-state index is 11.2. The van der Waals surface area contributed by atoms with E-state index in [9.17, 15) is 9.59 Å². The lowest BCUT2D eigenvalue weighted by Gasteiger charge is -2.30. The average molecular weight is 178 g/mol. The summed E-state index contributed by atoms with van der Waals surface area (Å²) in [7, 11) is 0. The van der Waals surface area contributed by atoms with Crippen molar-refractivity contribution in [1.29, 1.82) is 0 Å². The predicted octanol–water partition coefficient (Wildman–Crippen LogP) is 2.06. The lowest BCUT2D eigenvalue weighted by Crippen LogP contribution is -2.24. The van der Waals surface area contributed by atoms with E-state index in [2.05, 4.69) is 0 Å². The van der Waals surface area contributed by atoms with Crippen LogP contribution in [0, 0.1) is 5.41 Å². The molecule has 1 rings (SSSR count). The second-order valence-corrected chi connectivity index (χ2v) is 4.07. The third kappa shape index (κ3) is 1.94. The van der Waals surface area contributed by atoms with E-state index in [-0.39, 0.29) is 11.2 Å². The van der Waals surface area contributed by atoms with Crippen molar-refractivity contribution in [2.75, 3.05) is 0 Å². The van der Waals surface area contributed by atoms with Gasteiger partial charge in [-0.15, -0.1) is 0 Å². The van der Waals surface area contributed by atoms with Gasteiger partial charge in [-0.25, -0.2) is 0 Å². The smallest absolute Gasteiger partial charge is 0.156 e. The molecular weight excluding hydrogens is 164 g/mol. The fourth-order valence-electron chi connectivity index (χ4n) is 1.86. The average Bonchev–Trinajstić information content (AvgIpc) is 1.95. The first-order valence-electron chi connectivity index (χ1n) is 4.35. The van der Waals surface area contributed by atoms with Crippen molar-refractivity contribution in [3.05, 3.63) is 23.3 Å². The summed E-state index contributed by atoms with van der Waals surface area (Å²) in [6.07, 6.45) is 4.44. The van der Waals surface area contributed by atoms with Crippen molar-refractivity contribution in [2.24, 2.45) is 5.41 Å². The van der Waals surface area contributed by atoms with Crippen LogP contribution in [0.4, 0.5) is 0 Å². The number of rotatable bonds is 1. The number of allylic oxidation sites excluding steroid dienone is 4. The highest BCUT2D eigenvalue weighted by Crippen LogP contribution is 2.38. The van der Waals surface area contributed by atoms with E-state index in [0.29, 0.717) is 6.42 Å². The summed E-state index contributed by atoms with van der Waals surface area (Å²) in [4.78, 5) is 21.6. The van der Waals surface area contributed by atoms with Crippen molar-refractivity contribution < 1.29 is 9.59 Å². The highest BCUT2D eigenvalue weighted by molar-refractivity contribution is 5.94. The molecule has 0 saturated heterocycles. The number of hydrogen-bond donors (Lipinski definition) is 0. The Labute approximate surface area is 78.3 Å². The van der Waals surface area contributed by atoms with Crippen LogP contribution in [-0.4, -0.2) is 12.1 Å². The Morgan fingerprint density at radius 3 is 2.54 bits per heavy atom. The first-order chi connectivity index (χ1) is 5.97. The van der Waals surface area contributed by atoms with Gasteiger partial charge in [0, 0.05) is 6.42 Å². The standard InChI is InChI=1S/C11H14O2/c1-8-6-9(13)7-11(2,3)10(8)4-5-12/h4-6H,7H2,1-3H3. The molecule has 0 amide bonds. The fourth-order valence-corrected chi connectivity index (χ4v) is 1.86. The summed E-state index contributed by atoms with van der Waals surface area (Å²) in [5, 5.41) is 0. The molecule has 0 aromatic carbocycles. The second-order valence-electron chi connectivity index (χ2n) is 4.07. The van der Waals surface area contributed by atoms with E-state index in [1.807, 2.05) is 20.8 Å². The Morgan fingerprint density at radius 2 is 2.08 bits per heavy atom. The van der Waals surface area contributed by atoms with Gasteiger partial charge < -0.3 is 0 Å². The summed E-state index contributed by atoms with van der Waals surface area (Å²) in [5.41, 5.74) is 1.69. The van der Waals surface area contributed by atoms with E-state index < -0.39 is 0 Å². The van der Waals surface area contributed by atoms with Crippen LogP contribution >= 0.6 is 0 Å². The SMILES string of the molecule is CC1=CC(=O)CC(C)(C)C1=CC=O. The highest BCUT2D eigenvalue weighted by Gasteiger charge is 2.30. The summed E-state index contributed by atoms with van der Waals surface area (Å²) in [6, 6.07) is 0. The van der Waals surface area contributed by atoms with Crippen LogP contribution < -0.4 is 0 Å². The van der Waals surface area contributed by atoms with Crippen molar-refractivity contribution in [3.63, 3.8) is 0 Å². The summed E-state index contributed by atoms with van der Waals surface area (Å²) >= 11 is 0. The molecule has 0 atom stereocenters. The minimum absolute atomic E-state index is 0.144. The van der Waals surface area contributed by atoms with Crippen LogP contribution in [-0.2, 0) is 9.59 Å². The first kappa shape index (κ1) is 9.90. The Bertz CT molecular complexity index is 306. The molecule has 0 radical (unpaired) electrons. The highest BCUT2D eigenvalue weighted by atomic mass is 16.1. The van der Waals surface area contributed by atoms with Crippen molar-refractivity contribution in [2.45, 2.75) is 27.2 Å². The van der Waals surface area contributed by atoms with Gasteiger partial charge >= 0.3 is 0 Å². The molecule has 0 aromatic rings. The van der Waals surface area contributed by atoms with Crippen LogP contribution in [0.2, 0.25) is 0 Å². The monoisotopic (exact) mass is 178 g/mol. The third-order valence-electron chi connectivity index (χ3n) is 2.38. The zero-order valence-corrected chi connectivity index (χ0v) is 8.26. The molecule has 70 valence electrons. The van der Waals surface area contributed by atoms with Crippen molar-refractivity contribution in [3.8, 4) is 0 Å². The Kier molecular flexibility index (Phi) is 2.50. The first-order valence-corrected chi connectivity index (χ1v) is 4.35. The number of carbonyl (C=O) groups excluding carboxylic acids is 2. The number of aldehydes is 1. The van der Waals surface area contributed by atoms with Gasteiger partial charge in [0.1, 0.15) is 6.29 Å². The van der Waals surface area contributed by atoms with E-state index in [0.717, 1.165) is 17.4 Å². The molecular formula is C11H14O2. The second kappa shape index (κ2) is 3.29. The molecule has 1 aliphatic rings. The molecule has 0 spiro atoms. The van der Waals surface area contributed by atoms with Crippen LogP contribution in [0.1, 0.15) is 27.2 Å². The third-order valence-corrected chi connectivity index (χ3v) is 2.38. The van der Waals surface area contributed by atoms with Crippen LogP contribution in [0.25, 0.3) is 0 Å². The topological polar surface area (TPSA) is 34.1 Å². The molecule has 2 nitrogen and oxygen atoms in total. The van der Waals surface area contributed by atoms with Crippen LogP contribution in [0.3, 0.4) is 0 Å². The lowest BCUT2D eigenvalue weighted by atomic mass is 9.73. The van der Waals surface area contributed by atoms with Crippen LogP contribution in [0.15, 0.2) is 23.3 Å². The summed E-state index contributed by atoms with van der Waals surface area (Å²) < 4.78 is 0. The molecule has 0 aromatic heterocycles. The van der Waals surface area contributed by atoms with Crippen molar-refractivity contribution in [1.82, 2.24) is 0 Å². The molecule has 0 saturated carbocycles. The minimum Gasteiger partial charge on any atom is -0.299 e. The molecule has 0 N–H and O–H groups in total. The molecule has 13 heavy (non-hydrogen) atoms. The molecule has 0 fully saturated rings. The van der Waals surface area contributed by atoms with E-state index in [1.165, 1.54) is 0 Å². The van der Waals surface area contributed by atoms with E-state index >= 15 is 0 Å². The quantitative estimate of drug-likeness (QED) is 0.455. The van der Waals surface area contributed by atoms with Gasteiger partial charge in [0.25, 0.3) is 0 Å². The van der Waals surface area contributed by atoms with E-state index in [4.69, 9.17) is 0 Å². The molecule has 0 heterocycles. The fraction of sp³-hybridized carbons (Fsp3) is 0.455. The molecule has 1 aliphatic carbocycles. The van der Waals surface area contributed by atoms with Gasteiger partial charge in [-0.05, 0) is 35.6 Å². The molecule has 2 heteroatoms. The Balaban J connectivity index is 3.18. The van der Waals surface area contributed by atoms with Gasteiger partial charge in [-0.1, -0.05) is 13.8 Å². The number of hydrogen-bond acceptors (Lipinski definition) is 2. The predicted molar refractivity (Wildman–Crippen MR) is 51.3 cm³/mol. The molecule has 0 unspecified atom stereocenters. The van der Waals surface area contributed by atoms with Gasteiger partial charge in [0.15, 0.2) is 5.78 Å². The zero-order valence-electron chi connectivity index (χ0n) is 8.26. The zero-order chi connectivity index (χ0) is 10.1. The lowest BCUT2D eigenvalue weighted by molar-refractivity contribution is -0.116. The number of carbonyl (C=O) groups is 2. The van der Waals surface area contributed by atoms with Gasteiger partial charge in [-0.2, -0.15) is 0 Å². The van der Waals surface area contributed by atoms with E-state index in [1.54, 1.807) is 12.2 Å². The maximum Gasteiger partial charge on any atom is 0.156 e. The largest absolute Gasteiger partial charge is 0.299 e. The molecule has 0 aliphatic heterocycles. The van der Waals surface area contributed by atoms with Gasteiger partial charge in [-0.3, -0.25) is 9.59 Å². The molecule has 0 bridgehead atoms. The van der Waals surface area contributed by atoms with Gasteiger partial charge in [0.05, 0.1) is 0 Å². The normalized spacial score (nSPS) is 24.4. The van der Waals surface area contributed by atoms with Crippen molar-refractivity contribution >= 4 is 12.1 Å². The minimum atomic E-state index is -0.198. The summed E-state index contributed by atoms with van der Waals surface area (Å²) in [6.45, 7) is 5.83. The Hall–Kier alpha value is -1.18.